The van der Waals surface area contributed by atoms with Crippen molar-refractivity contribution in [2.24, 2.45) is 0 Å². The van der Waals surface area contributed by atoms with Gasteiger partial charge in [0.25, 0.3) is 0 Å². The molecule has 2 rings (SSSR count). The number of sulfonamides is 1. The molecule has 1 aromatic rings. The first-order chi connectivity index (χ1) is 11.5. The van der Waals surface area contributed by atoms with Crippen molar-refractivity contribution in [2.45, 2.75) is 46.0 Å². The average molecular weight is 356 g/mol. The highest BCUT2D eigenvalue weighted by molar-refractivity contribution is 7.89. The first kappa shape index (κ1) is 18.9. The predicted octanol–water partition coefficient (Wildman–Crippen LogP) is 1.91. The summed E-state index contributed by atoms with van der Waals surface area (Å²) in [5.41, 5.74) is 0. The van der Waals surface area contributed by atoms with Crippen LogP contribution in [0.3, 0.4) is 0 Å². The quantitative estimate of drug-likeness (QED) is 0.658. The van der Waals surface area contributed by atoms with E-state index in [1.165, 1.54) is 19.3 Å². The maximum absolute atomic E-state index is 11.7. The zero-order chi connectivity index (χ0) is 17.4. The van der Waals surface area contributed by atoms with Crippen molar-refractivity contribution in [2.75, 3.05) is 42.1 Å². The lowest BCUT2D eigenvalue weighted by Crippen LogP contribution is -2.31. The molecule has 136 valence electrons. The Bertz CT molecular complexity index is 615. The molecule has 0 spiro atoms. The molecule has 1 fully saturated rings. The van der Waals surface area contributed by atoms with Crippen molar-refractivity contribution < 1.29 is 8.42 Å². The number of aromatic nitrogens is 2. The van der Waals surface area contributed by atoms with Gasteiger partial charge in [0, 0.05) is 32.2 Å². The maximum Gasteiger partial charge on any atom is 0.211 e. The number of rotatable bonds is 9. The van der Waals surface area contributed by atoms with E-state index in [2.05, 4.69) is 24.9 Å². The van der Waals surface area contributed by atoms with Crippen LogP contribution in [0.2, 0.25) is 0 Å². The van der Waals surface area contributed by atoms with Crippen molar-refractivity contribution in [3.8, 4) is 0 Å². The van der Waals surface area contributed by atoms with Crippen LogP contribution in [0.4, 0.5) is 11.6 Å². The summed E-state index contributed by atoms with van der Waals surface area (Å²) < 4.78 is 26.1. The number of hydrogen-bond acceptors (Lipinski definition) is 6. The molecule has 0 aromatic carbocycles. The summed E-state index contributed by atoms with van der Waals surface area (Å²) in [5, 5.41) is 3.19. The largest absolute Gasteiger partial charge is 0.369 e. The second kappa shape index (κ2) is 9.17. The highest BCUT2D eigenvalue weighted by Crippen LogP contribution is 2.20. The van der Waals surface area contributed by atoms with Gasteiger partial charge in [-0.15, -0.1) is 0 Å². The van der Waals surface area contributed by atoms with E-state index in [-0.39, 0.29) is 5.75 Å². The van der Waals surface area contributed by atoms with E-state index in [1.54, 1.807) is 0 Å². The molecule has 2 N–H and O–H groups in total. The Morgan fingerprint density at radius 2 is 1.92 bits per heavy atom. The van der Waals surface area contributed by atoms with Crippen LogP contribution >= 0.6 is 0 Å². The van der Waals surface area contributed by atoms with Crippen LogP contribution in [-0.4, -0.2) is 50.3 Å². The number of nitrogens with one attached hydrogen (secondary N) is 2. The fourth-order valence-electron chi connectivity index (χ4n) is 2.73. The van der Waals surface area contributed by atoms with Gasteiger partial charge in [0.2, 0.25) is 10.0 Å². The molecule has 24 heavy (non-hydrogen) atoms. The SMILES string of the molecule is CCCCS(=O)(=O)NCCNc1cc(N2CCCCC2)nc(C)n1. The number of unbranched alkanes of at least 4 members (excludes halogenated alkanes) is 1. The lowest BCUT2D eigenvalue weighted by Gasteiger charge is -2.28. The van der Waals surface area contributed by atoms with Gasteiger partial charge in [0.15, 0.2) is 0 Å². The summed E-state index contributed by atoms with van der Waals surface area (Å²) >= 11 is 0. The van der Waals surface area contributed by atoms with Gasteiger partial charge in [-0.25, -0.2) is 23.1 Å². The van der Waals surface area contributed by atoms with Gasteiger partial charge in [-0.1, -0.05) is 13.3 Å². The third kappa shape index (κ3) is 6.24. The van der Waals surface area contributed by atoms with E-state index in [4.69, 9.17) is 0 Å². The molecule has 1 aliphatic heterocycles. The van der Waals surface area contributed by atoms with Crippen LogP contribution in [0.25, 0.3) is 0 Å². The molecule has 0 atom stereocenters. The molecule has 0 unspecified atom stereocenters. The molecular formula is C16H29N5O2S. The van der Waals surface area contributed by atoms with Crippen LogP contribution in [0.5, 0.6) is 0 Å². The molecule has 1 aromatic heterocycles. The van der Waals surface area contributed by atoms with E-state index >= 15 is 0 Å². The molecular weight excluding hydrogens is 326 g/mol. The topological polar surface area (TPSA) is 87.2 Å². The van der Waals surface area contributed by atoms with E-state index in [0.717, 1.165) is 37.0 Å². The van der Waals surface area contributed by atoms with Gasteiger partial charge in [-0.05, 0) is 32.6 Å². The van der Waals surface area contributed by atoms with Crippen LogP contribution < -0.4 is 14.9 Å². The zero-order valence-corrected chi connectivity index (χ0v) is 15.5. The molecule has 0 aliphatic carbocycles. The lowest BCUT2D eigenvalue weighted by atomic mass is 10.1. The Labute approximate surface area is 145 Å². The van der Waals surface area contributed by atoms with Gasteiger partial charge in [-0.3, -0.25) is 0 Å². The smallest absolute Gasteiger partial charge is 0.211 e. The van der Waals surface area contributed by atoms with Crippen LogP contribution in [-0.2, 0) is 10.0 Å². The van der Waals surface area contributed by atoms with Gasteiger partial charge >= 0.3 is 0 Å². The highest BCUT2D eigenvalue weighted by atomic mass is 32.2. The first-order valence-electron chi connectivity index (χ1n) is 8.82. The summed E-state index contributed by atoms with van der Waals surface area (Å²) in [6.45, 7) is 6.79. The van der Waals surface area contributed by atoms with E-state index in [1.807, 2.05) is 19.9 Å². The standard InChI is InChI=1S/C16H29N5O2S/c1-3-4-12-24(22,23)18-9-8-17-15-13-16(20-14(2)19-15)21-10-6-5-7-11-21/h13,18H,3-12H2,1-2H3,(H,17,19,20). The molecule has 0 saturated carbocycles. The average Bonchev–Trinajstić information content (AvgIpc) is 2.57. The van der Waals surface area contributed by atoms with Crippen molar-refractivity contribution in [3.63, 3.8) is 0 Å². The summed E-state index contributed by atoms with van der Waals surface area (Å²) in [7, 11) is -3.16. The summed E-state index contributed by atoms with van der Waals surface area (Å²) in [4.78, 5) is 11.2. The maximum atomic E-state index is 11.7. The highest BCUT2D eigenvalue weighted by Gasteiger charge is 2.14. The van der Waals surface area contributed by atoms with E-state index in [9.17, 15) is 8.42 Å². The predicted molar refractivity (Wildman–Crippen MR) is 98.0 cm³/mol. The second-order valence-corrected chi connectivity index (χ2v) is 8.13. The molecule has 1 aliphatic rings. The first-order valence-corrected chi connectivity index (χ1v) is 10.5. The van der Waals surface area contributed by atoms with Gasteiger partial charge < -0.3 is 10.2 Å². The Kier molecular flexibility index (Phi) is 7.23. The van der Waals surface area contributed by atoms with Crippen LogP contribution in [0.15, 0.2) is 6.07 Å². The monoisotopic (exact) mass is 355 g/mol. The van der Waals surface area contributed by atoms with Crippen molar-refractivity contribution in [1.29, 1.82) is 0 Å². The minimum atomic E-state index is -3.16. The summed E-state index contributed by atoms with van der Waals surface area (Å²) in [6.07, 6.45) is 5.24. The molecule has 2 heterocycles. The van der Waals surface area contributed by atoms with Gasteiger partial charge in [0.05, 0.1) is 5.75 Å². The second-order valence-electron chi connectivity index (χ2n) is 6.20. The fraction of sp³-hybridized carbons (Fsp3) is 0.750. The summed E-state index contributed by atoms with van der Waals surface area (Å²) in [6, 6.07) is 1.95. The lowest BCUT2D eigenvalue weighted by molar-refractivity contribution is 0.572. The Morgan fingerprint density at radius 3 is 2.62 bits per heavy atom. The van der Waals surface area contributed by atoms with Gasteiger partial charge in [0.1, 0.15) is 17.5 Å². The number of piperidine rings is 1. The van der Waals surface area contributed by atoms with Gasteiger partial charge in [-0.2, -0.15) is 0 Å². The zero-order valence-electron chi connectivity index (χ0n) is 14.7. The third-order valence-electron chi connectivity index (χ3n) is 4.02. The van der Waals surface area contributed by atoms with Crippen molar-refractivity contribution in [1.82, 2.24) is 14.7 Å². The molecule has 0 bridgehead atoms. The van der Waals surface area contributed by atoms with Crippen molar-refractivity contribution >= 4 is 21.7 Å². The van der Waals surface area contributed by atoms with E-state index < -0.39 is 10.0 Å². The van der Waals surface area contributed by atoms with E-state index in [0.29, 0.717) is 19.5 Å². The Balaban J connectivity index is 1.85. The normalized spacial score (nSPS) is 15.5. The summed E-state index contributed by atoms with van der Waals surface area (Å²) in [5.74, 6) is 2.61. The molecule has 8 heteroatoms. The molecule has 0 amide bonds. The molecule has 0 radical (unpaired) electrons. The Hall–Kier alpha value is -1.41. The number of anilines is 2. The minimum absolute atomic E-state index is 0.190. The fourth-order valence-corrected chi connectivity index (χ4v) is 3.96. The number of hydrogen-bond donors (Lipinski definition) is 2. The Morgan fingerprint density at radius 1 is 1.17 bits per heavy atom. The number of aryl methyl sites for hydroxylation is 1. The van der Waals surface area contributed by atoms with Crippen LogP contribution in [0.1, 0.15) is 44.9 Å². The minimum Gasteiger partial charge on any atom is -0.369 e. The van der Waals surface area contributed by atoms with Crippen LogP contribution in [0, 0.1) is 6.92 Å². The molecule has 7 nitrogen and oxygen atoms in total. The molecule has 1 saturated heterocycles. The number of nitrogens with zero attached hydrogens (tertiary/aromatic N) is 3. The van der Waals surface area contributed by atoms with Crippen molar-refractivity contribution in [3.05, 3.63) is 11.9 Å². The third-order valence-corrected chi connectivity index (χ3v) is 5.49.